The van der Waals surface area contributed by atoms with Crippen molar-refractivity contribution in [1.29, 1.82) is 0 Å². The number of hydrogen-bond donors (Lipinski definition) is 1. The Hall–Kier alpha value is -3.17. The monoisotopic (exact) mass is 299 g/mol. The van der Waals surface area contributed by atoms with E-state index in [1.807, 2.05) is 0 Å². The molecular formula is C11H7F2N3O5. The molecule has 0 spiro atoms. The van der Waals surface area contributed by atoms with Crippen LogP contribution in [-0.2, 0) is 0 Å². The molecular weight excluding hydrogens is 292 g/mol. The van der Waals surface area contributed by atoms with Gasteiger partial charge in [0.2, 0.25) is 5.95 Å². The number of pyridine rings is 1. The number of non-ortho nitro benzene ring substituents is 1. The van der Waals surface area contributed by atoms with Crippen LogP contribution in [0.1, 0.15) is 0 Å². The van der Waals surface area contributed by atoms with Gasteiger partial charge in [0.25, 0.3) is 11.4 Å². The number of nitro groups is 2. The third kappa shape index (κ3) is 4.78. The third-order valence-electron chi connectivity index (χ3n) is 2.06. The van der Waals surface area contributed by atoms with Crippen LogP contribution < -0.4 is 0 Å². The molecule has 0 fully saturated rings. The molecule has 2 rings (SSSR count). The lowest BCUT2D eigenvalue weighted by molar-refractivity contribution is -0.385. The molecule has 0 aliphatic carbocycles. The van der Waals surface area contributed by atoms with Gasteiger partial charge < -0.3 is 5.11 Å². The highest BCUT2D eigenvalue weighted by molar-refractivity contribution is 5.36. The molecule has 0 atom stereocenters. The van der Waals surface area contributed by atoms with Crippen LogP contribution in [0.3, 0.4) is 0 Å². The first-order valence-electron chi connectivity index (χ1n) is 5.20. The Kier molecular flexibility index (Phi) is 5.17. The van der Waals surface area contributed by atoms with Crippen molar-refractivity contribution in [2.45, 2.75) is 0 Å². The van der Waals surface area contributed by atoms with E-state index in [9.17, 15) is 29.0 Å². The van der Waals surface area contributed by atoms with E-state index in [1.165, 1.54) is 0 Å². The lowest BCUT2D eigenvalue weighted by Gasteiger charge is -1.93. The van der Waals surface area contributed by atoms with Crippen molar-refractivity contribution in [3.63, 3.8) is 0 Å². The van der Waals surface area contributed by atoms with Gasteiger partial charge in [-0.2, -0.15) is 4.39 Å². The van der Waals surface area contributed by atoms with Crippen molar-refractivity contribution in [2.24, 2.45) is 0 Å². The molecule has 0 aliphatic heterocycles. The topological polar surface area (TPSA) is 119 Å². The minimum absolute atomic E-state index is 0.207. The Balaban J connectivity index is 0.000000211. The Morgan fingerprint density at radius 2 is 1.57 bits per heavy atom. The molecule has 2 aromatic rings. The molecule has 1 aromatic carbocycles. The maximum Gasteiger partial charge on any atom is 0.287 e. The fourth-order valence-corrected chi connectivity index (χ4v) is 1.09. The summed E-state index contributed by atoms with van der Waals surface area (Å²) in [5.74, 6) is -2.29. The van der Waals surface area contributed by atoms with E-state index in [2.05, 4.69) is 4.98 Å². The highest BCUT2D eigenvalue weighted by atomic mass is 19.1. The van der Waals surface area contributed by atoms with Crippen molar-refractivity contribution >= 4 is 11.4 Å². The van der Waals surface area contributed by atoms with Crippen LogP contribution in [0.15, 0.2) is 36.5 Å². The van der Waals surface area contributed by atoms with Gasteiger partial charge in [0.15, 0.2) is 11.6 Å². The average Bonchev–Trinajstić information content (AvgIpc) is 2.43. The number of aromatic nitrogens is 1. The molecule has 0 saturated carbocycles. The summed E-state index contributed by atoms with van der Waals surface area (Å²) in [6.45, 7) is 0. The van der Waals surface area contributed by atoms with Crippen molar-refractivity contribution < 1.29 is 23.7 Å². The van der Waals surface area contributed by atoms with Crippen LogP contribution in [0, 0.1) is 32.0 Å². The largest absolute Gasteiger partial charge is 0.505 e. The molecule has 1 heterocycles. The first-order valence-corrected chi connectivity index (χ1v) is 5.20. The standard InChI is InChI=1S/C6H4FNO3.C5H3FN2O2/c7-5-3-4(8(10)11)1-2-6(5)9;6-5-2-1-4(3-7-5)8(9)10/h1-3,9H;1-3H. The minimum atomic E-state index is -0.987. The molecule has 21 heavy (non-hydrogen) atoms. The molecule has 0 aliphatic rings. The quantitative estimate of drug-likeness (QED) is 0.517. The molecule has 0 bridgehead atoms. The van der Waals surface area contributed by atoms with Crippen LogP contribution in [0.2, 0.25) is 0 Å². The second-order valence-electron chi connectivity index (χ2n) is 3.49. The lowest BCUT2D eigenvalue weighted by atomic mass is 10.3. The smallest absolute Gasteiger partial charge is 0.287 e. The van der Waals surface area contributed by atoms with Gasteiger partial charge in [-0.3, -0.25) is 20.2 Å². The van der Waals surface area contributed by atoms with E-state index in [-0.39, 0.29) is 11.4 Å². The number of nitro benzene ring substituents is 1. The van der Waals surface area contributed by atoms with Gasteiger partial charge in [-0.1, -0.05) is 0 Å². The fourth-order valence-electron chi connectivity index (χ4n) is 1.09. The molecule has 0 radical (unpaired) electrons. The highest BCUT2D eigenvalue weighted by Crippen LogP contribution is 2.20. The van der Waals surface area contributed by atoms with Gasteiger partial charge in [0.05, 0.1) is 15.9 Å². The average molecular weight is 299 g/mol. The Morgan fingerprint density at radius 3 is 2.00 bits per heavy atom. The molecule has 0 unspecified atom stereocenters. The van der Waals surface area contributed by atoms with Gasteiger partial charge in [0, 0.05) is 12.1 Å². The van der Waals surface area contributed by atoms with E-state index in [1.54, 1.807) is 0 Å². The summed E-state index contributed by atoms with van der Waals surface area (Å²) in [5.41, 5.74) is -0.582. The van der Waals surface area contributed by atoms with E-state index in [0.717, 1.165) is 30.5 Å². The predicted octanol–water partition coefficient (Wildman–Crippen LogP) is 2.57. The van der Waals surface area contributed by atoms with Crippen molar-refractivity contribution in [1.82, 2.24) is 4.98 Å². The molecule has 110 valence electrons. The summed E-state index contributed by atoms with van der Waals surface area (Å²) in [6.07, 6.45) is 0.870. The lowest BCUT2D eigenvalue weighted by Crippen LogP contribution is -1.89. The summed E-state index contributed by atoms with van der Waals surface area (Å²) in [6, 6.07) is 4.63. The molecule has 0 amide bonds. The van der Waals surface area contributed by atoms with Gasteiger partial charge in [-0.15, -0.1) is 0 Å². The first-order chi connectivity index (χ1) is 9.81. The van der Waals surface area contributed by atoms with Crippen LogP contribution in [0.5, 0.6) is 5.75 Å². The summed E-state index contributed by atoms with van der Waals surface area (Å²) >= 11 is 0. The van der Waals surface area contributed by atoms with E-state index in [0.29, 0.717) is 6.07 Å². The maximum absolute atomic E-state index is 12.4. The zero-order chi connectivity index (χ0) is 16.0. The number of hydrogen-bond acceptors (Lipinski definition) is 6. The van der Waals surface area contributed by atoms with Crippen LogP contribution in [0.25, 0.3) is 0 Å². The number of nitrogens with zero attached hydrogens (tertiary/aromatic N) is 3. The summed E-state index contributed by atoms with van der Waals surface area (Å²) in [5, 5.41) is 28.6. The third-order valence-corrected chi connectivity index (χ3v) is 2.06. The zero-order valence-corrected chi connectivity index (χ0v) is 10.1. The van der Waals surface area contributed by atoms with Gasteiger partial charge in [-0.05, 0) is 12.1 Å². The molecule has 8 nitrogen and oxygen atoms in total. The van der Waals surface area contributed by atoms with E-state index < -0.39 is 27.4 Å². The molecule has 0 saturated heterocycles. The zero-order valence-electron chi connectivity index (χ0n) is 10.1. The molecule has 1 aromatic heterocycles. The van der Waals surface area contributed by atoms with E-state index >= 15 is 0 Å². The summed E-state index contributed by atoms with van der Waals surface area (Å²) < 4.78 is 24.4. The summed E-state index contributed by atoms with van der Waals surface area (Å²) in [4.78, 5) is 21.7. The van der Waals surface area contributed by atoms with Gasteiger partial charge >= 0.3 is 0 Å². The number of benzene rings is 1. The number of halogens is 2. The Morgan fingerprint density at radius 1 is 1.00 bits per heavy atom. The second-order valence-corrected chi connectivity index (χ2v) is 3.49. The SMILES string of the molecule is O=[N+]([O-])c1ccc(F)nc1.O=[N+]([O-])c1ccc(O)c(F)c1. The minimum Gasteiger partial charge on any atom is -0.505 e. The Bertz CT molecular complexity index is 663. The highest BCUT2D eigenvalue weighted by Gasteiger charge is 2.08. The Labute approximate surface area is 115 Å². The van der Waals surface area contributed by atoms with Crippen LogP contribution >= 0.6 is 0 Å². The predicted molar refractivity (Wildman–Crippen MR) is 65.6 cm³/mol. The fraction of sp³-hybridized carbons (Fsp3) is 0. The normalized spacial score (nSPS) is 9.43. The number of phenols is 1. The number of phenolic OH excluding ortho intramolecular Hbond substituents is 1. The second kappa shape index (κ2) is 6.84. The number of rotatable bonds is 2. The van der Waals surface area contributed by atoms with Crippen LogP contribution in [0.4, 0.5) is 20.2 Å². The molecule has 10 heteroatoms. The van der Waals surface area contributed by atoms with Crippen molar-refractivity contribution in [2.75, 3.05) is 0 Å². The summed E-state index contributed by atoms with van der Waals surface area (Å²) in [7, 11) is 0. The number of aromatic hydroxyl groups is 1. The maximum atomic E-state index is 12.4. The van der Waals surface area contributed by atoms with Crippen molar-refractivity contribution in [3.05, 3.63) is 68.5 Å². The van der Waals surface area contributed by atoms with Crippen molar-refractivity contribution in [3.8, 4) is 5.75 Å². The van der Waals surface area contributed by atoms with Crippen LogP contribution in [-0.4, -0.2) is 19.9 Å². The van der Waals surface area contributed by atoms with E-state index in [4.69, 9.17) is 5.11 Å². The van der Waals surface area contributed by atoms with Gasteiger partial charge in [-0.25, -0.2) is 9.37 Å². The molecule has 1 N–H and O–H groups in total. The first kappa shape index (κ1) is 15.9. The van der Waals surface area contributed by atoms with Gasteiger partial charge in [0.1, 0.15) is 6.20 Å².